The third kappa shape index (κ3) is 3.02. The molecule has 0 aromatic heterocycles. The molecule has 2 rings (SSSR count). The van der Waals surface area contributed by atoms with E-state index >= 15 is 0 Å². The highest BCUT2D eigenvalue weighted by molar-refractivity contribution is 5.25. The maximum atomic E-state index is 5.84. The lowest BCUT2D eigenvalue weighted by molar-refractivity contribution is 0.00295. The summed E-state index contributed by atoms with van der Waals surface area (Å²) in [7, 11) is 0. The molecule has 0 saturated heterocycles. The maximum Gasteiger partial charge on any atom is 0.102 e. The second kappa shape index (κ2) is 5.81. The van der Waals surface area contributed by atoms with E-state index in [-0.39, 0.29) is 5.41 Å². The minimum absolute atomic E-state index is 0.148. The molecular formula is C18H26O. The summed E-state index contributed by atoms with van der Waals surface area (Å²) in [4.78, 5) is 0. The minimum Gasteiger partial charge on any atom is -0.498 e. The molecule has 0 N–H and O–H groups in total. The Bertz CT molecular complexity index is 407. The number of hydrogen-bond acceptors (Lipinski definition) is 1. The average molecular weight is 258 g/mol. The SMILES string of the molecule is C=CO[C@@H]1C[C@H](C)CC[C@H]1C(C)(C)c1ccccc1. The van der Waals surface area contributed by atoms with Crippen molar-refractivity contribution in [3.8, 4) is 0 Å². The standard InChI is InChI=1S/C18H26O/c1-5-19-17-13-14(2)11-12-16(17)18(3,4)15-9-7-6-8-10-15/h5-10,14,16-17H,1,11-13H2,2-4H3/t14-,16-,17-/m1/s1. The number of rotatable bonds is 4. The Balaban J connectivity index is 2.24. The topological polar surface area (TPSA) is 9.23 Å². The van der Waals surface area contributed by atoms with Gasteiger partial charge in [0, 0.05) is 5.92 Å². The van der Waals surface area contributed by atoms with Gasteiger partial charge < -0.3 is 4.74 Å². The molecule has 1 fully saturated rings. The molecule has 0 unspecified atom stereocenters. The summed E-state index contributed by atoms with van der Waals surface area (Å²) in [5.41, 5.74) is 1.56. The molecule has 1 nitrogen and oxygen atoms in total. The van der Waals surface area contributed by atoms with Gasteiger partial charge in [-0.1, -0.05) is 64.1 Å². The smallest absolute Gasteiger partial charge is 0.102 e. The Morgan fingerprint density at radius 3 is 2.53 bits per heavy atom. The van der Waals surface area contributed by atoms with Gasteiger partial charge in [0.2, 0.25) is 0 Å². The molecule has 1 aliphatic carbocycles. The molecule has 104 valence electrons. The number of ether oxygens (including phenoxy) is 1. The van der Waals surface area contributed by atoms with Gasteiger partial charge in [-0.05, 0) is 29.7 Å². The van der Waals surface area contributed by atoms with Crippen LogP contribution in [0.2, 0.25) is 0 Å². The van der Waals surface area contributed by atoms with Crippen LogP contribution in [0.15, 0.2) is 43.2 Å². The van der Waals surface area contributed by atoms with Crippen molar-refractivity contribution in [2.45, 2.75) is 51.6 Å². The Morgan fingerprint density at radius 2 is 1.89 bits per heavy atom. The summed E-state index contributed by atoms with van der Waals surface area (Å²) in [6, 6.07) is 10.8. The van der Waals surface area contributed by atoms with E-state index in [1.807, 2.05) is 0 Å². The highest BCUT2D eigenvalue weighted by atomic mass is 16.5. The van der Waals surface area contributed by atoms with E-state index in [0.29, 0.717) is 12.0 Å². The van der Waals surface area contributed by atoms with Crippen LogP contribution in [0.3, 0.4) is 0 Å². The fourth-order valence-corrected chi connectivity index (χ4v) is 3.51. The number of hydrogen-bond donors (Lipinski definition) is 0. The minimum atomic E-state index is 0.148. The summed E-state index contributed by atoms with van der Waals surface area (Å²) >= 11 is 0. The monoisotopic (exact) mass is 258 g/mol. The van der Waals surface area contributed by atoms with Gasteiger partial charge in [-0.15, -0.1) is 0 Å². The largest absolute Gasteiger partial charge is 0.498 e. The van der Waals surface area contributed by atoms with Crippen molar-refractivity contribution in [1.29, 1.82) is 0 Å². The van der Waals surface area contributed by atoms with Crippen molar-refractivity contribution in [3.05, 3.63) is 48.7 Å². The molecule has 0 bridgehead atoms. The van der Waals surface area contributed by atoms with E-state index in [4.69, 9.17) is 4.74 Å². The molecule has 0 spiro atoms. The third-order valence-electron chi connectivity index (χ3n) is 4.77. The van der Waals surface area contributed by atoms with Gasteiger partial charge in [0.1, 0.15) is 6.10 Å². The fourth-order valence-electron chi connectivity index (χ4n) is 3.51. The lowest BCUT2D eigenvalue weighted by Crippen LogP contribution is -2.42. The second-order valence-electron chi connectivity index (χ2n) is 6.45. The molecule has 3 atom stereocenters. The van der Waals surface area contributed by atoms with E-state index in [9.17, 15) is 0 Å². The highest BCUT2D eigenvalue weighted by Gasteiger charge is 2.40. The first-order chi connectivity index (χ1) is 9.05. The van der Waals surface area contributed by atoms with Crippen LogP contribution in [-0.2, 0) is 10.2 Å². The van der Waals surface area contributed by atoms with E-state index < -0.39 is 0 Å². The van der Waals surface area contributed by atoms with Crippen molar-refractivity contribution >= 4 is 0 Å². The van der Waals surface area contributed by atoms with E-state index in [1.54, 1.807) is 6.26 Å². The van der Waals surface area contributed by atoms with Crippen LogP contribution < -0.4 is 0 Å². The van der Waals surface area contributed by atoms with Gasteiger partial charge in [0.15, 0.2) is 0 Å². The summed E-state index contributed by atoms with van der Waals surface area (Å²) in [6.07, 6.45) is 5.61. The summed E-state index contributed by atoms with van der Waals surface area (Å²) < 4.78 is 5.84. The molecule has 19 heavy (non-hydrogen) atoms. The second-order valence-corrected chi connectivity index (χ2v) is 6.45. The molecule has 0 radical (unpaired) electrons. The zero-order valence-electron chi connectivity index (χ0n) is 12.4. The predicted molar refractivity (Wildman–Crippen MR) is 81.0 cm³/mol. The summed E-state index contributed by atoms with van der Waals surface area (Å²) in [5, 5.41) is 0. The van der Waals surface area contributed by atoms with Crippen LogP contribution in [0.1, 0.15) is 45.6 Å². The maximum absolute atomic E-state index is 5.84. The van der Waals surface area contributed by atoms with Gasteiger partial charge in [-0.2, -0.15) is 0 Å². The predicted octanol–water partition coefficient (Wildman–Crippen LogP) is 4.93. The molecule has 1 aromatic carbocycles. The van der Waals surface area contributed by atoms with Gasteiger partial charge in [-0.25, -0.2) is 0 Å². The quantitative estimate of drug-likeness (QED) is 0.696. The lowest BCUT2D eigenvalue weighted by Gasteiger charge is -2.43. The Kier molecular flexibility index (Phi) is 4.34. The van der Waals surface area contributed by atoms with Crippen molar-refractivity contribution in [3.63, 3.8) is 0 Å². The molecule has 1 aromatic rings. The van der Waals surface area contributed by atoms with Crippen LogP contribution in [0.4, 0.5) is 0 Å². The Morgan fingerprint density at radius 1 is 1.21 bits per heavy atom. The number of benzene rings is 1. The third-order valence-corrected chi connectivity index (χ3v) is 4.77. The first kappa shape index (κ1) is 14.2. The molecule has 0 heterocycles. The molecular weight excluding hydrogens is 232 g/mol. The van der Waals surface area contributed by atoms with E-state index in [1.165, 1.54) is 18.4 Å². The summed E-state index contributed by atoms with van der Waals surface area (Å²) in [6.45, 7) is 10.8. The molecule has 1 aliphatic rings. The van der Waals surface area contributed by atoms with Crippen LogP contribution in [-0.4, -0.2) is 6.10 Å². The van der Waals surface area contributed by atoms with Crippen molar-refractivity contribution in [1.82, 2.24) is 0 Å². The Labute approximate surface area is 117 Å². The van der Waals surface area contributed by atoms with Gasteiger partial charge in [0.25, 0.3) is 0 Å². The van der Waals surface area contributed by atoms with Crippen LogP contribution >= 0.6 is 0 Å². The van der Waals surface area contributed by atoms with Gasteiger partial charge in [-0.3, -0.25) is 0 Å². The normalized spacial score (nSPS) is 27.8. The highest BCUT2D eigenvalue weighted by Crippen LogP contribution is 2.43. The first-order valence-electron chi connectivity index (χ1n) is 7.37. The van der Waals surface area contributed by atoms with Crippen molar-refractivity contribution in [2.75, 3.05) is 0 Å². The Hall–Kier alpha value is -1.24. The van der Waals surface area contributed by atoms with Crippen LogP contribution in [0.25, 0.3) is 0 Å². The lowest BCUT2D eigenvalue weighted by atomic mass is 9.64. The molecule has 0 aliphatic heterocycles. The van der Waals surface area contributed by atoms with Gasteiger partial charge >= 0.3 is 0 Å². The van der Waals surface area contributed by atoms with Crippen LogP contribution in [0, 0.1) is 11.8 Å². The zero-order chi connectivity index (χ0) is 13.9. The van der Waals surface area contributed by atoms with Crippen LogP contribution in [0.5, 0.6) is 0 Å². The molecule has 0 amide bonds. The van der Waals surface area contributed by atoms with E-state index in [2.05, 4.69) is 57.7 Å². The average Bonchev–Trinajstić information content (AvgIpc) is 2.40. The molecule has 1 heteroatoms. The zero-order valence-corrected chi connectivity index (χ0v) is 12.4. The molecule has 1 saturated carbocycles. The summed E-state index contributed by atoms with van der Waals surface area (Å²) in [5.74, 6) is 1.32. The van der Waals surface area contributed by atoms with E-state index in [0.717, 1.165) is 12.3 Å². The van der Waals surface area contributed by atoms with Crippen molar-refractivity contribution in [2.24, 2.45) is 11.8 Å². The van der Waals surface area contributed by atoms with Gasteiger partial charge in [0.05, 0.1) is 6.26 Å². The first-order valence-corrected chi connectivity index (χ1v) is 7.37. The fraction of sp³-hybridized carbons (Fsp3) is 0.556. The van der Waals surface area contributed by atoms with Crippen molar-refractivity contribution < 1.29 is 4.74 Å².